The molecule has 0 aromatic carbocycles. The average molecular weight is 246 g/mol. The second kappa shape index (κ2) is 5.00. The van der Waals surface area contributed by atoms with Crippen molar-refractivity contribution in [2.45, 2.75) is 26.4 Å². The standard InChI is InChI=1S/C13H14N2O3/c1-4-8(3)17-13(16)9-6-10-11(5-2)15-18-12(10)14-7-9/h4,6-8H,1,5H2,2-3H3. The molecule has 2 rings (SSSR count). The second-order valence-corrected chi connectivity index (χ2v) is 3.91. The van der Waals surface area contributed by atoms with Crippen LogP contribution in [0.1, 0.15) is 29.9 Å². The zero-order valence-corrected chi connectivity index (χ0v) is 10.3. The summed E-state index contributed by atoms with van der Waals surface area (Å²) >= 11 is 0. The Kier molecular flexibility index (Phi) is 3.41. The van der Waals surface area contributed by atoms with Crippen molar-refractivity contribution >= 4 is 17.1 Å². The van der Waals surface area contributed by atoms with Gasteiger partial charge in [-0.1, -0.05) is 24.7 Å². The Hall–Kier alpha value is -2.17. The van der Waals surface area contributed by atoms with Gasteiger partial charge in [-0.05, 0) is 19.4 Å². The Morgan fingerprint density at radius 1 is 1.67 bits per heavy atom. The molecule has 0 saturated carbocycles. The zero-order valence-electron chi connectivity index (χ0n) is 10.3. The first-order chi connectivity index (χ1) is 8.65. The quantitative estimate of drug-likeness (QED) is 0.612. The number of pyridine rings is 1. The summed E-state index contributed by atoms with van der Waals surface area (Å²) in [7, 11) is 0. The molecule has 0 aliphatic rings. The molecule has 5 heteroatoms. The minimum Gasteiger partial charge on any atom is -0.455 e. The third kappa shape index (κ3) is 2.25. The van der Waals surface area contributed by atoms with E-state index in [2.05, 4.69) is 16.7 Å². The Morgan fingerprint density at radius 2 is 2.44 bits per heavy atom. The molecule has 0 aliphatic carbocycles. The highest BCUT2D eigenvalue weighted by Crippen LogP contribution is 2.18. The third-order valence-corrected chi connectivity index (χ3v) is 2.60. The fourth-order valence-electron chi connectivity index (χ4n) is 1.53. The van der Waals surface area contributed by atoms with Crippen LogP contribution in [0.2, 0.25) is 0 Å². The second-order valence-electron chi connectivity index (χ2n) is 3.91. The number of rotatable bonds is 4. The van der Waals surface area contributed by atoms with Crippen LogP contribution in [0.15, 0.2) is 29.4 Å². The summed E-state index contributed by atoms with van der Waals surface area (Å²) in [4.78, 5) is 15.9. The number of fused-ring (bicyclic) bond motifs is 1. The maximum Gasteiger partial charge on any atom is 0.340 e. The summed E-state index contributed by atoms with van der Waals surface area (Å²) in [6, 6.07) is 1.69. The maximum atomic E-state index is 11.8. The van der Waals surface area contributed by atoms with Crippen molar-refractivity contribution in [2.24, 2.45) is 0 Å². The van der Waals surface area contributed by atoms with Crippen LogP contribution in [0.25, 0.3) is 11.1 Å². The van der Waals surface area contributed by atoms with Gasteiger partial charge in [0.25, 0.3) is 5.71 Å². The van der Waals surface area contributed by atoms with E-state index in [4.69, 9.17) is 9.26 Å². The summed E-state index contributed by atoms with van der Waals surface area (Å²) in [6.45, 7) is 7.26. The van der Waals surface area contributed by atoms with E-state index in [1.165, 1.54) is 6.20 Å². The van der Waals surface area contributed by atoms with E-state index in [0.29, 0.717) is 11.3 Å². The smallest absolute Gasteiger partial charge is 0.340 e. The summed E-state index contributed by atoms with van der Waals surface area (Å²) < 4.78 is 10.2. The minimum atomic E-state index is -0.431. The van der Waals surface area contributed by atoms with Crippen molar-refractivity contribution in [3.8, 4) is 0 Å². The highest BCUT2D eigenvalue weighted by atomic mass is 16.5. The van der Waals surface area contributed by atoms with Crippen LogP contribution in [-0.4, -0.2) is 22.2 Å². The van der Waals surface area contributed by atoms with Crippen LogP contribution < -0.4 is 0 Å². The number of hydrogen-bond acceptors (Lipinski definition) is 5. The first-order valence-corrected chi connectivity index (χ1v) is 5.73. The summed E-state index contributed by atoms with van der Waals surface area (Å²) in [5, 5.41) is 4.63. The van der Waals surface area contributed by atoms with Gasteiger partial charge in [0.15, 0.2) is 0 Å². The Morgan fingerprint density at radius 3 is 3.11 bits per heavy atom. The van der Waals surface area contributed by atoms with Gasteiger partial charge in [0.1, 0.15) is 6.10 Å². The predicted molar refractivity (Wildman–Crippen MR) is 66.3 cm³/mol. The van der Waals surface area contributed by atoms with Gasteiger partial charge in [-0.2, -0.15) is 0 Å². The zero-order chi connectivity index (χ0) is 13.1. The van der Waals surface area contributed by atoms with Crippen molar-refractivity contribution in [2.75, 3.05) is 0 Å². The van der Waals surface area contributed by atoms with E-state index in [-0.39, 0.29) is 6.10 Å². The van der Waals surface area contributed by atoms with Gasteiger partial charge in [0.2, 0.25) is 0 Å². The SMILES string of the molecule is C=CC(C)OC(=O)c1cnc2onc(CC)c2c1. The van der Waals surface area contributed by atoms with Crippen LogP contribution in [0.3, 0.4) is 0 Å². The van der Waals surface area contributed by atoms with E-state index in [1.54, 1.807) is 19.1 Å². The molecular formula is C13H14N2O3. The van der Waals surface area contributed by atoms with Gasteiger partial charge in [-0.25, -0.2) is 9.78 Å². The van der Waals surface area contributed by atoms with E-state index < -0.39 is 5.97 Å². The van der Waals surface area contributed by atoms with Crippen molar-refractivity contribution in [3.63, 3.8) is 0 Å². The van der Waals surface area contributed by atoms with Crippen LogP contribution in [0.4, 0.5) is 0 Å². The van der Waals surface area contributed by atoms with E-state index in [0.717, 1.165) is 17.5 Å². The molecule has 5 nitrogen and oxygen atoms in total. The fraction of sp³-hybridized carbons (Fsp3) is 0.308. The van der Waals surface area contributed by atoms with Crippen molar-refractivity contribution in [1.29, 1.82) is 0 Å². The predicted octanol–water partition coefficient (Wildman–Crippen LogP) is 2.52. The number of nitrogens with zero attached hydrogens (tertiary/aromatic N) is 2. The molecule has 2 heterocycles. The van der Waals surface area contributed by atoms with Crippen molar-refractivity contribution < 1.29 is 14.1 Å². The lowest BCUT2D eigenvalue weighted by Crippen LogP contribution is -2.12. The maximum absolute atomic E-state index is 11.8. The highest BCUT2D eigenvalue weighted by molar-refractivity contribution is 5.93. The van der Waals surface area contributed by atoms with E-state index >= 15 is 0 Å². The first kappa shape index (κ1) is 12.3. The Balaban J connectivity index is 2.33. The van der Waals surface area contributed by atoms with Gasteiger partial charge in [0, 0.05) is 6.20 Å². The summed E-state index contributed by atoms with van der Waals surface area (Å²) in [6.07, 6.45) is 3.36. The molecule has 0 radical (unpaired) electrons. The first-order valence-electron chi connectivity index (χ1n) is 5.73. The lowest BCUT2D eigenvalue weighted by Gasteiger charge is -2.08. The number of hydrogen-bond donors (Lipinski definition) is 0. The third-order valence-electron chi connectivity index (χ3n) is 2.60. The number of aromatic nitrogens is 2. The van der Waals surface area contributed by atoms with Gasteiger partial charge in [0.05, 0.1) is 16.6 Å². The molecular weight excluding hydrogens is 232 g/mol. The highest BCUT2D eigenvalue weighted by Gasteiger charge is 2.14. The largest absolute Gasteiger partial charge is 0.455 e. The molecule has 0 saturated heterocycles. The number of carbonyl (C=O) groups excluding carboxylic acids is 1. The molecule has 18 heavy (non-hydrogen) atoms. The molecule has 0 fully saturated rings. The topological polar surface area (TPSA) is 65.2 Å². The van der Waals surface area contributed by atoms with Crippen LogP contribution in [0, 0.1) is 0 Å². The minimum absolute atomic E-state index is 0.332. The molecule has 0 N–H and O–H groups in total. The molecule has 0 aliphatic heterocycles. The molecule has 0 spiro atoms. The monoisotopic (exact) mass is 246 g/mol. The lowest BCUT2D eigenvalue weighted by molar-refractivity contribution is 0.0425. The molecule has 1 atom stereocenters. The number of ether oxygens (including phenoxy) is 1. The lowest BCUT2D eigenvalue weighted by atomic mass is 10.2. The van der Waals surface area contributed by atoms with Gasteiger partial charge >= 0.3 is 5.97 Å². The fourth-order valence-corrected chi connectivity index (χ4v) is 1.53. The average Bonchev–Trinajstić information content (AvgIpc) is 2.80. The normalized spacial score (nSPS) is 12.3. The van der Waals surface area contributed by atoms with Crippen LogP contribution >= 0.6 is 0 Å². The molecule has 2 aromatic rings. The van der Waals surface area contributed by atoms with Crippen molar-refractivity contribution in [3.05, 3.63) is 36.2 Å². The molecule has 1 unspecified atom stereocenters. The molecule has 0 bridgehead atoms. The van der Waals surface area contributed by atoms with Gasteiger partial charge in [-0.3, -0.25) is 0 Å². The van der Waals surface area contributed by atoms with Crippen LogP contribution in [-0.2, 0) is 11.2 Å². The summed E-state index contributed by atoms with van der Waals surface area (Å²) in [5.74, 6) is -0.431. The van der Waals surface area contributed by atoms with E-state index in [1.807, 2.05) is 6.92 Å². The van der Waals surface area contributed by atoms with E-state index in [9.17, 15) is 4.79 Å². The number of carbonyl (C=O) groups is 1. The molecule has 2 aromatic heterocycles. The molecule has 94 valence electrons. The number of aryl methyl sites for hydroxylation is 1. The summed E-state index contributed by atoms with van der Waals surface area (Å²) in [5.41, 5.74) is 1.60. The number of esters is 1. The molecule has 0 amide bonds. The van der Waals surface area contributed by atoms with Gasteiger partial charge < -0.3 is 9.26 Å². The van der Waals surface area contributed by atoms with Crippen LogP contribution in [0.5, 0.6) is 0 Å². The Labute approximate surface area is 104 Å². The van der Waals surface area contributed by atoms with Crippen molar-refractivity contribution in [1.82, 2.24) is 10.1 Å². The van der Waals surface area contributed by atoms with Gasteiger partial charge in [-0.15, -0.1) is 0 Å². The Bertz CT molecular complexity index is 589.